The van der Waals surface area contributed by atoms with E-state index in [-0.39, 0.29) is 139 Å². The zero-order valence-electron chi connectivity index (χ0n) is 54.3. The van der Waals surface area contributed by atoms with Crippen LogP contribution in [0, 0.1) is 11.6 Å². The van der Waals surface area contributed by atoms with Crippen LogP contribution in [0.4, 0.5) is 14.5 Å². The summed E-state index contributed by atoms with van der Waals surface area (Å²) in [5, 5.41) is 90.1. The van der Waals surface area contributed by atoms with Crippen molar-refractivity contribution in [2.75, 3.05) is 110 Å². The smallest absolute Gasteiger partial charge is 0.336 e. The number of alkyl halides is 1. The van der Waals surface area contributed by atoms with Crippen LogP contribution in [0.1, 0.15) is 76.6 Å². The molecule has 2 atom stereocenters. The molecule has 1 heterocycles. The number of ether oxygens (including phenoxy) is 3. The number of carboxylic acid groups (broad SMARTS) is 7. The molecule has 550 valence electrons. The Morgan fingerprint density at radius 2 is 1.05 bits per heavy atom. The number of rotatable bonds is 43. The first-order chi connectivity index (χ1) is 48.9. The van der Waals surface area contributed by atoms with Gasteiger partial charge in [0.15, 0.2) is 17.4 Å². The number of hydrogen-bond donors (Lipinski definition) is 13. The molecule has 13 N–H and O–H groups in total. The Labute approximate surface area is 586 Å². The predicted octanol–water partition coefficient (Wildman–Crippen LogP) is 2.14. The molecular formula is C66H69ClF2N8O26. The van der Waals surface area contributed by atoms with Crippen LogP contribution in [-0.4, -0.2) is 249 Å². The topological polar surface area (TPSA) is 512 Å². The second-order valence-electron chi connectivity index (χ2n) is 22.4. The van der Waals surface area contributed by atoms with Crippen molar-refractivity contribution in [1.82, 2.24) is 36.0 Å². The van der Waals surface area contributed by atoms with Crippen molar-refractivity contribution in [1.29, 1.82) is 0 Å². The molecule has 0 spiro atoms. The molecule has 1 aliphatic heterocycles. The van der Waals surface area contributed by atoms with Crippen molar-refractivity contribution in [3.8, 4) is 28.2 Å². The first-order valence-electron chi connectivity index (χ1n) is 31.0. The van der Waals surface area contributed by atoms with Crippen molar-refractivity contribution in [3.63, 3.8) is 0 Å². The van der Waals surface area contributed by atoms with Crippen LogP contribution < -0.4 is 32.0 Å². The molecule has 0 aromatic heterocycles. The number of phenols is 1. The summed E-state index contributed by atoms with van der Waals surface area (Å²) in [5.41, 5.74) is -2.30. The molecule has 2 unspecified atom stereocenters. The third-order valence-electron chi connectivity index (χ3n) is 15.0. The normalized spacial score (nSPS) is 11.7. The van der Waals surface area contributed by atoms with Gasteiger partial charge in [0.1, 0.15) is 29.3 Å². The van der Waals surface area contributed by atoms with Gasteiger partial charge >= 0.3 is 41.8 Å². The third kappa shape index (κ3) is 24.3. The summed E-state index contributed by atoms with van der Waals surface area (Å²) in [6.07, 6.45) is -1.45. The summed E-state index contributed by atoms with van der Waals surface area (Å²) in [4.78, 5) is 178. The number of nitrogens with zero attached hydrogens (tertiary/aromatic N) is 3. The highest BCUT2D eigenvalue weighted by Crippen LogP contribution is 2.43. The number of nitrogens with one attached hydrogen (secondary N) is 5. The number of phenolic OH excluding ortho intramolecular Hbond substituents is 1. The maximum absolute atomic E-state index is 14.7. The summed E-state index contributed by atoms with van der Waals surface area (Å²) in [6.45, 7) is -6.35. The lowest BCUT2D eigenvalue weighted by Crippen LogP contribution is -2.48. The molecule has 0 radical (unpaired) electrons. The SMILES string of the molecule is O=C(O)CN(CC(=O)O)C(CCNC(=O)c1cc(CN(CCOCCOCCOCCNC(=O)c2ccc(-c3c4cc(F)c(=O)cc-4oc4cc(O)c(F)cc34)c(C(=O)O)c2)C(=O)CCNC(=O)c2cccc(NC(=O)CCl)c2)cc(C(=O)NCCC(C(=O)O)N(CC(=O)O)CC(=O)O)c1)C(=O)O. The molecule has 0 saturated heterocycles. The van der Waals surface area contributed by atoms with Gasteiger partial charge < -0.3 is 91.0 Å². The van der Waals surface area contributed by atoms with E-state index in [1.54, 1.807) is 0 Å². The van der Waals surface area contributed by atoms with Crippen LogP contribution in [0.5, 0.6) is 5.75 Å². The molecule has 1 aliphatic carbocycles. The highest BCUT2D eigenvalue weighted by molar-refractivity contribution is 6.29. The predicted molar refractivity (Wildman–Crippen MR) is 353 cm³/mol. The lowest BCUT2D eigenvalue weighted by Gasteiger charge is -2.26. The molecule has 6 rings (SSSR count). The van der Waals surface area contributed by atoms with Crippen LogP contribution >= 0.6 is 11.6 Å². The summed E-state index contributed by atoms with van der Waals surface area (Å²) in [7, 11) is 0. The number of carbonyl (C=O) groups excluding carboxylic acids is 6. The fourth-order valence-electron chi connectivity index (χ4n) is 10.4. The Bertz CT molecular complexity index is 4090. The van der Waals surface area contributed by atoms with E-state index in [1.165, 1.54) is 53.4 Å². The largest absolute Gasteiger partial charge is 0.505 e. The van der Waals surface area contributed by atoms with Gasteiger partial charge in [0.2, 0.25) is 17.2 Å². The Morgan fingerprint density at radius 3 is 1.58 bits per heavy atom. The summed E-state index contributed by atoms with van der Waals surface area (Å²) in [6, 6.07) is 12.7. The summed E-state index contributed by atoms with van der Waals surface area (Å²) < 4.78 is 52.0. The number of aromatic carboxylic acids is 1. The highest BCUT2D eigenvalue weighted by atomic mass is 35.5. The van der Waals surface area contributed by atoms with E-state index in [0.29, 0.717) is 9.80 Å². The van der Waals surface area contributed by atoms with E-state index in [4.69, 9.17) is 30.2 Å². The molecule has 37 heteroatoms. The number of carboxylic acids is 7. The fraction of sp³-hybridized carbons (Fsp3) is 0.333. The standard InChI is InChI=1S/C66H69ClF2N8O26/c67-29-53(80)74-40-3-1-2-36(23-40)60(90)72-11-8-54(81)75(30-35-20-38(62(92)70-9-6-47(65(96)97)76(31-55(82)83)32-56(84)85)22-39(21-35)63(93)71-10-7-48(66(98)99)77(33-57(86)87)34-58(88)89)13-15-101-17-19-102-18-16-100-14-12-73-61(91)37-4-5-41(42(24-37)64(94)95)59-43-25-45(68)49(78)27-51(43)103-52-28-50(79)46(69)26-44(52)59/h1-5,20-28,47-48,78H,6-19,29-34H2,(H,70,92)(H,71,93)(H,72,90)(H,73,91)(H,74,80)(H,82,83)(H,84,85)(H,86,87)(H,88,89)(H,94,95)(H,96,97)(H,98,99). The van der Waals surface area contributed by atoms with Gasteiger partial charge in [-0.1, -0.05) is 12.1 Å². The van der Waals surface area contributed by atoms with E-state index in [9.17, 15) is 117 Å². The lowest BCUT2D eigenvalue weighted by molar-refractivity contribution is -0.152. The number of amides is 6. The number of halogens is 3. The van der Waals surface area contributed by atoms with E-state index >= 15 is 0 Å². The molecule has 2 aliphatic rings. The molecule has 34 nitrogen and oxygen atoms in total. The maximum atomic E-state index is 14.7. The summed E-state index contributed by atoms with van der Waals surface area (Å²) >= 11 is 5.60. The molecule has 6 amide bonds. The third-order valence-corrected chi connectivity index (χ3v) is 15.3. The number of anilines is 1. The average Bonchev–Trinajstić information content (AvgIpc) is 0.741. The molecule has 0 bridgehead atoms. The van der Waals surface area contributed by atoms with Gasteiger partial charge in [-0.05, 0) is 84.6 Å². The number of aliphatic carboxylic acids is 6. The monoisotopic (exact) mass is 1460 g/mol. The first-order valence-corrected chi connectivity index (χ1v) is 31.5. The first kappa shape index (κ1) is 80.4. The van der Waals surface area contributed by atoms with Crippen LogP contribution in [0.3, 0.4) is 0 Å². The zero-order chi connectivity index (χ0) is 75.6. The van der Waals surface area contributed by atoms with Crippen molar-refractivity contribution in [2.24, 2.45) is 0 Å². The van der Waals surface area contributed by atoms with Gasteiger partial charge in [0, 0.05) is 102 Å². The minimum atomic E-state index is -1.74. The average molecular weight is 1460 g/mol. The van der Waals surface area contributed by atoms with E-state index in [2.05, 4.69) is 26.6 Å². The second kappa shape index (κ2) is 38.9. The van der Waals surface area contributed by atoms with Gasteiger partial charge in [-0.25, -0.2) is 13.6 Å². The quantitative estimate of drug-likeness (QED) is 0.0148. The molecule has 103 heavy (non-hydrogen) atoms. The van der Waals surface area contributed by atoms with Crippen LogP contribution in [-0.2, 0) is 59.1 Å². The Hall–Kier alpha value is -11.6. The maximum Gasteiger partial charge on any atom is 0.336 e. The molecule has 4 aromatic rings. The van der Waals surface area contributed by atoms with E-state index in [1.807, 2.05) is 0 Å². The minimum Gasteiger partial charge on any atom is -0.505 e. The van der Waals surface area contributed by atoms with Gasteiger partial charge in [0.25, 0.3) is 23.6 Å². The number of carbonyl (C=O) groups is 13. The van der Waals surface area contributed by atoms with Crippen molar-refractivity contribution >= 4 is 105 Å². The lowest BCUT2D eigenvalue weighted by atomic mass is 9.89. The van der Waals surface area contributed by atoms with Gasteiger partial charge in [-0.15, -0.1) is 11.6 Å². The van der Waals surface area contributed by atoms with Gasteiger partial charge in [-0.2, -0.15) is 0 Å². The molecular weight excluding hydrogens is 1390 g/mol. The fourth-order valence-corrected chi connectivity index (χ4v) is 10.4. The number of fused-ring (bicyclic) bond motifs is 2. The Morgan fingerprint density at radius 1 is 0.534 bits per heavy atom. The van der Waals surface area contributed by atoms with Gasteiger partial charge in [0.05, 0.1) is 71.4 Å². The number of aromatic hydroxyl groups is 1. The molecule has 4 aromatic carbocycles. The second-order valence-corrected chi connectivity index (χ2v) is 22.7. The Kier molecular flexibility index (Phi) is 30.3. The van der Waals surface area contributed by atoms with Crippen molar-refractivity contribution < 1.29 is 131 Å². The number of hydrogen-bond acceptors (Lipinski definition) is 21. The minimum absolute atomic E-state index is 0.000164. The Balaban J connectivity index is 1.11. The van der Waals surface area contributed by atoms with Crippen molar-refractivity contribution in [2.45, 2.75) is 37.9 Å². The van der Waals surface area contributed by atoms with E-state index < -0.39 is 176 Å². The van der Waals surface area contributed by atoms with E-state index in [0.717, 1.165) is 36.4 Å². The molecule has 0 saturated carbocycles. The van der Waals surface area contributed by atoms with Gasteiger partial charge in [-0.3, -0.25) is 72.1 Å². The van der Waals surface area contributed by atoms with Crippen LogP contribution in [0.25, 0.3) is 33.4 Å². The van der Waals surface area contributed by atoms with Crippen LogP contribution in [0.15, 0.2) is 94.1 Å². The van der Waals surface area contributed by atoms with Crippen LogP contribution in [0.2, 0.25) is 0 Å². The molecule has 0 fully saturated rings. The zero-order valence-corrected chi connectivity index (χ0v) is 55.0. The number of benzene rings is 5. The van der Waals surface area contributed by atoms with Crippen molar-refractivity contribution in [3.05, 3.63) is 140 Å². The summed E-state index contributed by atoms with van der Waals surface area (Å²) in [5.74, 6) is -19.2. The highest BCUT2D eigenvalue weighted by Gasteiger charge is 2.32.